The molecule has 3 aromatic rings. The molecule has 2 N–H and O–H groups in total. The molecule has 8 heteroatoms. The van der Waals surface area contributed by atoms with Crippen LogP contribution in [0.25, 0.3) is 11.0 Å². The third-order valence-electron chi connectivity index (χ3n) is 4.86. The molecule has 0 unspecified atom stereocenters. The number of H-pyrrole nitrogens is 1. The molecule has 1 amide bonds. The van der Waals surface area contributed by atoms with Crippen molar-refractivity contribution in [1.29, 1.82) is 0 Å². The number of aromatic nitrogens is 3. The Bertz CT molecular complexity index is 1180. The van der Waals surface area contributed by atoms with E-state index in [4.69, 9.17) is 4.74 Å². The summed E-state index contributed by atoms with van der Waals surface area (Å²) in [5, 5.41) is 2.98. The number of aryl methyl sites for hydroxylation is 1. The fourth-order valence-electron chi connectivity index (χ4n) is 3.22. The molecule has 2 heterocycles. The molecular formula is C22H26N4O4. The van der Waals surface area contributed by atoms with Gasteiger partial charge in [0.2, 0.25) is 0 Å². The summed E-state index contributed by atoms with van der Waals surface area (Å²) in [6.45, 7) is 6.51. The lowest BCUT2D eigenvalue weighted by Gasteiger charge is -2.14. The topological polar surface area (TPSA) is 106 Å². The van der Waals surface area contributed by atoms with Crippen LogP contribution < -0.4 is 21.3 Å². The van der Waals surface area contributed by atoms with Crippen LogP contribution in [0.1, 0.15) is 54.7 Å². The van der Waals surface area contributed by atoms with Gasteiger partial charge < -0.3 is 10.1 Å². The average molecular weight is 410 g/mol. The molecule has 0 spiro atoms. The highest BCUT2D eigenvalue weighted by Crippen LogP contribution is 2.20. The normalized spacial score (nSPS) is 11.1. The summed E-state index contributed by atoms with van der Waals surface area (Å²) in [5.41, 5.74) is 0.858. The van der Waals surface area contributed by atoms with Crippen molar-refractivity contribution in [3.05, 3.63) is 68.0 Å². The zero-order valence-corrected chi connectivity index (χ0v) is 17.6. The van der Waals surface area contributed by atoms with Crippen molar-refractivity contribution >= 4 is 16.9 Å². The highest BCUT2D eigenvalue weighted by molar-refractivity contribution is 6.05. The fraction of sp³-hybridized carbons (Fsp3) is 0.364. The summed E-state index contributed by atoms with van der Waals surface area (Å²) >= 11 is 0. The maximum Gasteiger partial charge on any atom is 0.329 e. The van der Waals surface area contributed by atoms with Crippen LogP contribution in [0.4, 0.5) is 0 Å². The van der Waals surface area contributed by atoms with Gasteiger partial charge in [-0.15, -0.1) is 0 Å². The molecule has 0 radical (unpaired) electrons. The van der Waals surface area contributed by atoms with Gasteiger partial charge in [0, 0.05) is 18.8 Å². The number of nitrogens with zero attached hydrogens (tertiary/aromatic N) is 2. The van der Waals surface area contributed by atoms with Gasteiger partial charge in [-0.3, -0.25) is 19.1 Å². The van der Waals surface area contributed by atoms with Crippen LogP contribution in [-0.2, 0) is 13.1 Å². The predicted octanol–water partition coefficient (Wildman–Crippen LogP) is 2.56. The molecule has 0 fully saturated rings. The molecule has 0 saturated heterocycles. The Morgan fingerprint density at radius 2 is 1.93 bits per heavy atom. The second-order valence-corrected chi connectivity index (χ2v) is 7.39. The van der Waals surface area contributed by atoms with Crippen molar-refractivity contribution in [2.75, 3.05) is 7.11 Å². The van der Waals surface area contributed by atoms with Gasteiger partial charge in [0.05, 0.1) is 18.1 Å². The third kappa shape index (κ3) is 4.27. The highest BCUT2D eigenvalue weighted by atomic mass is 16.5. The molecule has 0 bridgehead atoms. The van der Waals surface area contributed by atoms with E-state index in [0.717, 1.165) is 11.3 Å². The van der Waals surface area contributed by atoms with E-state index in [9.17, 15) is 14.4 Å². The second kappa shape index (κ2) is 8.94. The average Bonchev–Trinajstić information content (AvgIpc) is 2.74. The van der Waals surface area contributed by atoms with Gasteiger partial charge in [0.25, 0.3) is 11.5 Å². The fourth-order valence-corrected chi connectivity index (χ4v) is 3.22. The van der Waals surface area contributed by atoms with Crippen molar-refractivity contribution in [3.8, 4) is 5.75 Å². The molecule has 0 saturated carbocycles. The van der Waals surface area contributed by atoms with Crippen LogP contribution in [0.3, 0.4) is 0 Å². The summed E-state index contributed by atoms with van der Waals surface area (Å²) in [5.74, 6) is 0.353. The maximum absolute atomic E-state index is 13.0. The van der Waals surface area contributed by atoms with Gasteiger partial charge in [-0.05, 0) is 36.1 Å². The molecule has 0 aliphatic heterocycles. The lowest BCUT2D eigenvalue weighted by Crippen LogP contribution is -2.33. The van der Waals surface area contributed by atoms with Crippen molar-refractivity contribution in [2.45, 2.75) is 46.2 Å². The molecule has 3 rings (SSSR count). The van der Waals surface area contributed by atoms with E-state index in [0.29, 0.717) is 18.7 Å². The number of hydrogen-bond acceptors (Lipinski definition) is 5. The number of aromatic amines is 1. The van der Waals surface area contributed by atoms with Crippen LogP contribution >= 0.6 is 0 Å². The van der Waals surface area contributed by atoms with E-state index in [2.05, 4.69) is 15.3 Å². The summed E-state index contributed by atoms with van der Waals surface area (Å²) in [6.07, 6.45) is 0.688. The Morgan fingerprint density at radius 3 is 2.53 bits per heavy atom. The Morgan fingerprint density at radius 1 is 1.23 bits per heavy atom. The number of carbonyl (C=O) groups is 1. The second-order valence-electron chi connectivity index (χ2n) is 7.39. The van der Waals surface area contributed by atoms with Crippen LogP contribution in [-0.4, -0.2) is 27.6 Å². The van der Waals surface area contributed by atoms with Crippen LogP contribution in [0.2, 0.25) is 0 Å². The SMILES string of the molecule is CCCn1c(=O)[nH]c(=O)c2c(C(=O)NCc3ccc(OC)cc3)cc(C(C)C)nc21. The first kappa shape index (κ1) is 21.3. The molecule has 1 aromatic carbocycles. The number of nitrogens with one attached hydrogen (secondary N) is 2. The lowest BCUT2D eigenvalue weighted by molar-refractivity contribution is 0.0952. The summed E-state index contributed by atoms with van der Waals surface area (Å²) in [4.78, 5) is 44.8. The van der Waals surface area contributed by atoms with E-state index in [-0.39, 0.29) is 29.1 Å². The Hall–Kier alpha value is -3.42. The number of benzene rings is 1. The summed E-state index contributed by atoms with van der Waals surface area (Å²) < 4.78 is 6.56. The molecule has 0 atom stereocenters. The number of carbonyl (C=O) groups excluding carboxylic acids is 1. The maximum atomic E-state index is 13.0. The number of methoxy groups -OCH3 is 1. The summed E-state index contributed by atoms with van der Waals surface area (Å²) in [7, 11) is 1.59. The monoisotopic (exact) mass is 410 g/mol. The number of amides is 1. The van der Waals surface area contributed by atoms with Crippen molar-refractivity contribution < 1.29 is 9.53 Å². The van der Waals surface area contributed by atoms with Gasteiger partial charge >= 0.3 is 5.69 Å². The number of ether oxygens (including phenoxy) is 1. The van der Waals surface area contributed by atoms with E-state index < -0.39 is 17.2 Å². The third-order valence-corrected chi connectivity index (χ3v) is 4.86. The van der Waals surface area contributed by atoms with Crippen molar-refractivity contribution in [3.63, 3.8) is 0 Å². The molecule has 0 aliphatic carbocycles. The molecule has 30 heavy (non-hydrogen) atoms. The molecular weight excluding hydrogens is 384 g/mol. The summed E-state index contributed by atoms with van der Waals surface area (Å²) in [6, 6.07) is 8.97. The Kier molecular flexibility index (Phi) is 6.34. The molecule has 158 valence electrons. The van der Waals surface area contributed by atoms with E-state index in [1.54, 1.807) is 13.2 Å². The largest absolute Gasteiger partial charge is 0.497 e. The minimum atomic E-state index is -0.611. The quantitative estimate of drug-likeness (QED) is 0.623. The smallest absolute Gasteiger partial charge is 0.329 e. The Labute approximate surface area is 173 Å². The van der Waals surface area contributed by atoms with Crippen molar-refractivity contribution in [1.82, 2.24) is 19.9 Å². The molecule has 8 nitrogen and oxygen atoms in total. The van der Waals surface area contributed by atoms with Gasteiger partial charge in [0.1, 0.15) is 5.75 Å². The lowest BCUT2D eigenvalue weighted by atomic mass is 10.0. The predicted molar refractivity (Wildman–Crippen MR) is 115 cm³/mol. The van der Waals surface area contributed by atoms with Gasteiger partial charge in [0.15, 0.2) is 5.65 Å². The first-order valence-electron chi connectivity index (χ1n) is 9.94. The first-order valence-corrected chi connectivity index (χ1v) is 9.94. The number of rotatable bonds is 7. The standard InChI is InChI=1S/C22H26N4O4/c1-5-10-26-19-18(21(28)25-22(26)29)16(11-17(24-19)13(2)3)20(27)23-12-14-6-8-15(30-4)9-7-14/h6-9,11,13H,5,10,12H2,1-4H3,(H,23,27)(H,25,28,29). The number of fused-ring (bicyclic) bond motifs is 1. The first-order chi connectivity index (χ1) is 14.3. The minimum absolute atomic E-state index is 0.0204. The van der Waals surface area contributed by atoms with Crippen molar-refractivity contribution in [2.24, 2.45) is 0 Å². The van der Waals surface area contributed by atoms with Crippen LogP contribution in [0, 0.1) is 0 Å². The highest BCUT2D eigenvalue weighted by Gasteiger charge is 2.20. The van der Waals surface area contributed by atoms with Crippen LogP contribution in [0.15, 0.2) is 39.9 Å². The molecule has 0 aliphatic rings. The number of hydrogen-bond donors (Lipinski definition) is 2. The van der Waals surface area contributed by atoms with E-state index in [1.807, 2.05) is 45.0 Å². The van der Waals surface area contributed by atoms with Gasteiger partial charge in [-0.2, -0.15) is 0 Å². The number of pyridine rings is 1. The zero-order valence-electron chi connectivity index (χ0n) is 17.6. The minimum Gasteiger partial charge on any atom is -0.497 e. The van der Waals surface area contributed by atoms with Gasteiger partial charge in [-0.25, -0.2) is 9.78 Å². The zero-order chi connectivity index (χ0) is 21.8. The molecule has 2 aromatic heterocycles. The van der Waals surface area contributed by atoms with Gasteiger partial charge in [-0.1, -0.05) is 32.9 Å². The van der Waals surface area contributed by atoms with E-state index >= 15 is 0 Å². The Balaban J connectivity index is 2.06. The van der Waals surface area contributed by atoms with Crippen LogP contribution in [0.5, 0.6) is 5.75 Å². The van der Waals surface area contributed by atoms with E-state index in [1.165, 1.54) is 4.57 Å².